The quantitative estimate of drug-likeness (QED) is 0.229. The zero-order valence-corrected chi connectivity index (χ0v) is 21.8. The van der Waals surface area contributed by atoms with Gasteiger partial charge in [0.25, 0.3) is 5.56 Å². The van der Waals surface area contributed by atoms with Crippen molar-refractivity contribution in [2.45, 2.75) is 63.2 Å². The Bertz CT molecular complexity index is 1220. The third-order valence-corrected chi connectivity index (χ3v) is 7.31. The van der Waals surface area contributed by atoms with Crippen LogP contribution in [0.1, 0.15) is 33.9 Å². The molecule has 0 spiro atoms. The summed E-state index contributed by atoms with van der Waals surface area (Å²) in [6, 6.07) is 9.25. The fourth-order valence-electron chi connectivity index (χ4n) is 3.32. The van der Waals surface area contributed by atoms with E-state index in [0.717, 1.165) is 10.6 Å². The minimum Gasteiger partial charge on any atom is -0.462 e. The number of nitrogens with one attached hydrogen (secondary N) is 2. The van der Waals surface area contributed by atoms with E-state index in [1.165, 1.54) is 20.0 Å². The van der Waals surface area contributed by atoms with Crippen LogP contribution in [0.3, 0.4) is 0 Å². The van der Waals surface area contributed by atoms with Crippen molar-refractivity contribution in [1.29, 1.82) is 0 Å². The molecule has 1 saturated heterocycles. The van der Waals surface area contributed by atoms with Crippen molar-refractivity contribution in [2.24, 2.45) is 0 Å². The van der Waals surface area contributed by atoms with Crippen molar-refractivity contribution >= 4 is 25.3 Å². The van der Waals surface area contributed by atoms with Crippen molar-refractivity contribution in [3.63, 3.8) is 0 Å². The van der Waals surface area contributed by atoms with Crippen LogP contribution in [0.4, 0.5) is 0 Å². The van der Waals surface area contributed by atoms with E-state index in [4.69, 9.17) is 30.1 Å². The first-order valence-corrected chi connectivity index (χ1v) is 13.1. The number of aromatic nitrogens is 2. The number of rotatable bonds is 10. The second-order valence-electron chi connectivity index (χ2n) is 8.91. The molecular weight excluding hydrogens is 517 g/mol. The van der Waals surface area contributed by atoms with Gasteiger partial charge in [0.05, 0.1) is 12.7 Å². The first kappa shape index (κ1) is 28.1. The summed E-state index contributed by atoms with van der Waals surface area (Å²) in [5.74, 6) is -0.490. The Labute approximate surface area is 212 Å². The number of ether oxygens (including phenoxy) is 2. The number of aliphatic hydroxyl groups excluding tert-OH is 1. The summed E-state index contributed by atoms with van der Waals surface area (Å²) in [5.41, 5.74) is -2.87. The summed E-state index contributed by atoms with van der Waals surface area (Å²) in [6.45, 7) is 5.78. The van der Waals surface area contributed by atoms with Gasteiger partial charge in [-0.3, -0.25) is 23.7 Å². The lowest BCUT2D eigenvalue weighted by Gasteiger charge is -2.30. The molecule has 0 unspecified atom stereocenters. The number of hydrogen-bond donors (Lipinski definition) is 3. The molecule has 1 aromatic carbocycles. The number of nitrogens with zero attached hydrogens (tertiary/aromatic N) is 1. The van der Waals surface area contributed by atoms with Gasteiger partial charge in [0, 0.05) is 12.3 Å². The molecular formula is C22H29ClN3O9P. The Balaban J connectivity index is 1.80. The van der Waals surface area contributed by atoms with Gasteiger partial charge >= 0.3 is 19.4 Å². The van der Waals surface area contributed by atoms with Gasteiger partial charge in [0.2, 0.25) is 0 Å². The molecule has 12 nitrogen and oxygen atoms in total. The van der Waals surface area contributed by atoms with Crippen molar-refractivity contribution < 1.29 is 33.0 Å². The molecule has 0 bridgehead atoms. The minimum absolute atomic E-state index is 0.196. The van der Waals surface area contributed by atoms with Crippen LogP contribution < -0.4 is 20.9 Å². The molecule has 5 atom stereocenters. The first-order chi connectivity index (χ1) is 16.8. The molecule has 0 aliphatic carbocycles. The molecule has 1 fully saturated rings. The van der Waals surface area contributed by atoms with Gasteiger partial charge in [-0.15, -0.1) is 11.6 Å². The zero-order chi connectivity index (χ0) is 26.7. The van der Waals surface area contributed by atoms with Crippen molar-refractivity contribution in [2.75, 3.05) is 6.61 Å². The first-order valence-electron chi connectivity index (χ1n) is 11.1. The second kappa shape index (κ2) is 11.3. The van der Waals surface area contributed by atoms with Gasteiger partial charge in [-0.25, -0.2) is 9.36 Å². The van der Waals surface area contributed by atoms with Crippen molar-refractivity contribution in [3.05, 3.63) is 63.4 Å². The number of carbonyl (C=O) groups excluding carboxylic acids is 1. The lowest BCUT2D eigenvalue weighted by molar-refractivity contribution is -0.153. The largest absolute Gasteiger partial charge is 0.462 e. The number of H-pyrrole nitrogens is 1. The second-order valence-corrected chi connectivity index (χ2v) is 11.1. The maximum atomic E-state index is 13.7. The third kappa shape index (κ3) is 6.84. The van der Waals surface area contributed by atoms with E-state index in [0.29, 0.717) is 0 Å². The lowest BCUT2D eigenvalue weighted by atomic mass is 10.1. The smallest absolute Gasteiger partial charge is 0.459 e. The molecule has 1 aliphatic heterocycles. The fraction of sp³-hybridized carbons (Fsp3) is 0.500. The molecule has 36 heavy (non-hydrogen) atoms. The van der Waals surface area contributed by atoms with Gasteiger partial charge in [-0.1, -0.05) is 18.2 Å². The van der Waals surface area contributed by atoms with Crippen LogP contribution in [0.25, 0.3) is 0 Å². The van der Waals surface area contributed by atoms with Crippen LogP contribution >= 0.6 is 19.3 Å². The lowest BCUT2D eigenvalue weighted by Crippen LogP contribution is -2.48. The number of benzene rings is 1. The standard InChI is InChI=1S/C22H29ClN3O9P/c1-13(2)33-20(29)22(3,4)25-36(31,35-14-8-6-5-7-9-14)32-12-15-18(28)17(23)19(34-15)26-11-10-16(27)24-21(26)30/h5-11,13,15,17-19,28H,12H2,1-4H3,(H,25,31)(H,24,27,30)/t15-,17+,18-,19-,36-/m1/s1. The Morgan fingerprint density at radius 2 is 1.94 bits per heavy atom. The summed E-state index contributed by atoms with van der Waals surface area (Å²) in [4.78, 5) is 38.1. The van der Waals surface area contributed by atoms with E-state index >= 15 is 0 Å². The Morgan fingerprint density at radius 3 is 2.56 bits per heavy atom. The highest BCUT2D eigenvalue weighted by Crippen LogP contribution is 2.47. The van der Waals surface area contributed by atoms with E-state index in [1.807, 2.05) is 0 Å². The number of hydrogen-bond acceptors (Lipinski definition) is 9. The SMILES string of the molecule is CC(C)OC(=O)C(C)(C)N[P@@](=O)(OC[C@H]1O[C@@H](n2ccc(=O)[nH]c2=O)[C@@H](Cl)[C@@H]1O)Oc1ccccc1. The molecule has 0 amide bonds. The summed E-state index contributed by atoms with van der Waals surface area (Å²) in [7, 11) is -4.27. The summed E-state index contributed by atoms with van der Waals surface area (Å²) in [5, 5.41) is 12.1. The number of halogens is 1. The Morgan fingerprint density at radius 1 is 1.28 bits per heavy atom. The average molecular weight is 546 g/mol. The van der Waals surface area contributed by atoms with Crippen molar-refractivity contribution in [3.8, 4) is 5.75 Å². The molecule has 2 aromatic rings. The van der Waals surface area contributed by atoms with Gasteiger partial charge in [-0.05, 0) is 39.8 Å². The number of aliphatic hydroxyl groups is 1. The number of para-hydroxylation sites is 1. The van der Waals surface area contributed by atoms with E-state index in [2.05, 4.69) is 10.1 Å². The van der Waals surface area contributed by atoms with E-state index < -0.39 is 67.0 Å². The van der Waals surface area contributed by atoms with Crippen LogP contribution in [-0.4, -0.2) is 56.5 Å². The molecule has 1 aromatic heterocycles. The van der Waals surface area contributed by atoms with Crippen LogP contribution in [0.15, 0.2) is 52.2 Å². The van der Waals surface area contributed by atoms with Crippen LogP contribution in [0, 0.1) is 0 Å². The normalized spacial score (nSPS) is 23.9. The van der Waals surface area contributed by atoms with Gasteiger partial charge in [0.15, 0.2) is 6.23 Å². The van der Waals surface area contributed by atoms with E-state index in [-0.39, 0.29) is 5.75 Å². The van der Waals surface area contributed by atoms with Crippen LogP contribution in [0.2, 0.25) is 0 Å². The van der Waals surface area contributed by atoms with Gasteiger partial charge in [-0.2, -0.15) is 5.09 Å². The van der Waals surface area contributed by atoms with Crippen molar-refractivity contribution in [1.82, 2.24) is 14.6 Å². The third-order valence-electron chi connectivity index (χ3n) is 5.07. The molecule has 3 rings (SSSR count). The monoisotopic (exact) mass is 545 g/mol. The zero-order valence-electron chi connectivity index (χ0n) is 20.1. The topological polar surface area (TPSA) is 158 Å². The minimum atomic E-state index is -4.27. The molecule has 14 heteroatoms. The number of aromatic amines is 1. The maximum absolute atomic E-state index is 13.7. The highest BCUT2D eigenvalue weighted by molar-refractivity contribution is 7.52. The van der Waals surface area contributed by atoms with Gasteiger partial charge in [0.1, 0.15) is 28.9 Å². The van der Waals surface area contributed by atoms with E-state index in [1.54, 1.807) is 44.2 Å². The maximum Gasteiger partial charge on any atom is 0.459 e. The fourth-order valence-corrected chi connectivity index (χ4v) is 5.34. The number of esters is 1. The molecule has 0 radical (unpaired) electrons. The molecule has 3 N–H and O–H groups in total. The Hall–Kier alpha value is -2.47. The predicted octanol–water partition coefficient (Wildman–Crippen LogP) is 1.93. The van der Waals surface area contributed by atoms with Gasteiger partial charge < -0.3 is 19.1 Å². The summed E-state index contributed by atoms with van der Waals surface area (Å²) in [6.07, 6.45) is -2.83. The van der Waals surface area contributed by atoms with E-state index in [9.17, 15) is 24.1 Å². The highest BCUT2D eigenvalue weighted by atomic mass is 35.5. The molecule has 0 saturated carbocycles. The summed E-state index contributed by atoms with van der Waals surface area (Å²) < 4.78 is 36.9. The van der Waals surface area contributed by atoms with Crippen LogP contribution in [0.5, 0.6) is 5.75 Å². The highest BCUT2D eigenvalue weighted by Gasteiger charge is 2.47. The van der Waals surface area contributed by atoms with Crippen LogP contribution in [-0.2, 0) is 23.4 Å². The Kier molecular flexibility index (Phi) is 8.81. The summed E-state index contributed by atoms with van der Waals surface area (Å²) >= 11 is 6.29. The number of alkyl halides is 1. The predicted molar refractivity (Wildman–Crippen MR) is 130 cm³/mol. The molecule has 198 valence electrons. The molecule has 2 heterocycles. The number of carbonyl (C=O) groups is 1. The molecule has 1 aliphatic rings. The average Bonchev–Trinajstić information content (AvgIpc) is 3.06.